The molecule has 0 unspecified atom stereocenters. The molecule has 0 N–H and O–H groups in total. The Balaban J connectivity index is 1.91. The van der Waals surface area contributed by atoms with Gasteiger partial charge in [-0.15, -0.1) is 16.4 Å². The Kier molecular flexibility index (Phi) is 2.22. The summed E-state index contributed by atoms with van der Waals surface area (Å²) in [6.07, 6.45) is 1.51. The lowest BCUT2D eigenvalue weighted by Gasteiger charge is -1.93. The zero-order chi connectivity index (χ0) is 12.7. The third-order valence-electron chi connectivity index (χ3n) is 2.78. The van der Waals surface area contributed by atoms with Gasteiger partial charge in [-0.1, -0.05) is 12.1 Å². The second kappa shape index (κ2) is 4.03. The number of oxazole rings is 1. The normalized spacial score (nSPS) is 11.2. The first-order chi connectivity index (χ1) is 9.42. The minimum Gasteiger partial charge on any atom is -0.436 e. The molecule has 6 heteroatoms. The van der Waals surface area contributed by atoms with Crippen LogP contribution in [0.15, 0.2) is 50.9 Å². The van der Waals surface area contributed by atoms with E-state index in [1.165, 1.54) is 6.26 Å². The molecule has 19 heavy (non-hydrogen) atoms. The van der Waals surface area contributed by atoms with E-state index >= 15 is 0 Å². The molecule has 4 rings (SSSR count). The lowest BCUT2D eigenvalue weighted by Crippen LogP contribution is -1.79. The highest BCUT2D eigenvalue weighted by Gasteiger charge is 2.16. The lowest BCUT2D eigenvalue weighted by atomic mass is 10.2. The SMILES string of the molecule is c1ccc2oc(-c3ccsc3-c3conn3)nc2c1. The van der Waals surface area contributed by atoms with Crippen molar-refractivity contribution in [1.29, 1.82) is 0 Å². The monoisotopic (exact) mass is 269 g/mol. The van der Waals surface area contributed by atoms with Crippen molar-refractivity contribution in [2.45, 2.75) is 0 Å². The van der Waals surface area contributed by atoms with E-state index in [1.54, 1.807) is 11.3 Å². The van der Waals surface area contributed by atoms with Crippen molar-refractivity contribution in [3.05, 3.63) is 42.0 Å². The summed E-state index contributed by atoms with van der Waals surface area (Å²) in [4.78, 5) is 5.42. The van der Waals surface area contributed by atoms with Gasteiger partial charge < -0.3 is 8.94 Å². The number of rotatable bonds is 2. The van der Waals surface area contributed by atoms with E-state index in [9.17, 15) is 0 Å². The molecule has 5 nitrogen and oxygen atoms in total. The molecule has 0 atom stereocenters. The van der Waals surface area contributed by atoms with Gasteiger partial charge in [-0.3, -0.25) is 0 Å². The summed E-state index contributed by atoms with van der Waals surface area (Å²) < 4.78 is 10.6. The quantitative estimate of drug-likeness (QED) is 0.556. The van der Waals surface area contributed by atoms with Crippen molar-refractivity contribution >= 4 is 22.4 Å². The molecule has 0 spiro atoms. The van der Waals surface area contributed by atoms with Crippen LogP contribution in [0, 0.1) is 0 Å². The Hall–Kier alpha value is -2.47. The molecule has 0 amide bonds. The fourth-order valence-electron chi connectivity index (χ4n) is 1.93. The van der Waals surface area contributed by atoms with Gasteiger partial charge in [0.1, 0.15) is 11.2 Å². The Bertz CT molecular complexity index is 799. The molecule has 0 saturated heterocycles. The van der Waals surface area contributed by atoms with E-state index in [4.69, 9.17) is 8.94 Å². The number of benzene rings is 1. The van der Waals surface area contributed by atoms with Gasteiger partial charge in [0, 0.05) is 5.27 Å². The smallest absolute Gasteiger partial charge is 0.228 e. The second-order valence-corrected chi connectivity index (χ2v) is 4.86. The molecule has 0 aliphatic rings. The molecule has 0 aliphatic heterocycles. The summed E-state index contributed by atoms with van der Waals surface area (Å²) in [5.74, 6) is 0.584. The van der Waals surface area contributed by atoms with Crippen LogP contribution in [0.1, 0.15) is 0 Å². The minimum absolute atomic E-state index is 0.584. The van der Waals surface area contributed by atoms with E-state index in [2.05, 4.69) is 15.4 Å². The van der Waals surface area contributed by atoms with Gasteiger partial charge >= 0.3 is 0 Å². The van der Waals surface area contributed by atoms with Crippen molar-refractivity contribution < 1.29 is 8.94 Å². The van der Waals surface area contributed by atoms with E-state index < -0.39 is 0 Å². The van der Waals surface area contributed by atoms with Crippen molar-refractivity contribution in [2.24, 2.45) is 0 Å². The van der Waals surface area contributed by atoms with E-state index in [0.717, 1.165) is 21.5 Å². The summed E-state index contributed by atoms with van der Waals surface area (Å²) in [5, 5.41) is 9.38. The van der Waals surface area contributed by atoms with Crippen LogP contribution in [0.4, 0.5) is 0 Å². The van der Waals surface area contributed by atoms with Gasteiger partial charge in [-0.05, 0) is 23.6 Å². The third-order valence-corrected chi connectivity index (χ3v) is 3.72. The highest BCUT2D eigenvalue weighted by atomic mass is 32.1. The van der Waals surface area contributed by atoms with Gasteiger partial charge in [0.2, 0.25) is 5.89 Å². The maximum absolute atomic E-state index is 5.77. The van der Waals surface area contributed by atoms with Gasteiger partial charge in [0.05, 0.1) is 10.4 Å². The third kappa shape index (κ3) is 1.65. The number of fused-ring (bicyclic) bond motifs is 1. The predicted molar refractivity (Wildman–Crippen MR) is 70.6 cm³/mol. The average molecular weight is 269 g/mol. The first-order valence-corrected chi connectivity index (χ1v) is 6.50. The van der Waals surface area contributed by atoms with Gasteiger partial charge in [-0.2, -0.15) is 0 Å². The molecule has 1 aromatic carbocycles. The molecule has 3 aromatic heterocycles. The maximum Gasteiger partial charge on any atom is 0.228 e. The fraction of sp³-hybridized carbons (Fsp3) is 0. The van der Waals surface area contributed by atoms with Crippen molar-refractivity contribution in [3.63, 3.8) is 0 Å². The van der Waals surface area contributed by atoms with Crippen molar-refractivity contribution in [1.82, 2.24) is 15.4 Å². The Labute approximate surface area is 111 Å². The number of aromatic nitrogens is 3. The lowest BCUT2D eigenvalue weighted by molar-refractivity contribution is 0.393. The highest BCUT2D eigenvalue weighted by Crippen LogP contribution is 2.36. The average Bonchev–Trinajstić information content (AvgIpc) is 3.17. The number of hydrogen-bond donors (Lipinski definition) is 0. The summed E-state index contributed by atoms with van der Waals surface area (Å²) in [5.41, 5.74) is 3.20. The van der Waals surface area contributed by atoms with Crippen LogP contribution >= 0.6 is 11.3 Å². The second-order valence-electron chi connectivity index (χ2n) is 3.94. The zero-order valence-electron chi connectivity index (χ0n) is 9.61. The standard InChI is InChI=1S/C13H7N3O2S/c1-2-4-11-9(3-1)14-13(18-11)8-5-6-19-12(8)10-7-17-16-15-10/h1-7H. The molecule has 0 saturated carbocycles. The van der Waals surface area contributed by atoms with Gasteiger partial charge in [-0.25, -0.2) is 4.98 Å². The Morgan fingerprint density at radius 3 is 2.89 bits per heavy atom. The fourth-order valence-corrected chi connectivity index (χ4v) is 2.76. The summed E-state index contributed by atoms with van der Waals surface area (Å²) in [7, 11) is 0. The highest BCUT2D eigenvalue weighted by molar-refractivity contribution is 7.14. The van der Waals surface area contributed by atoms with Crippen LogP contribution in [0.3, 0.4) is 0 Å². The maximum atomic E-state index is 5.77. The zero-order valence-corrected chi connectivity index (χ0v) is 10.4. The topological polar surface area (TPSA) is 65.0 Å². The molecule has 0 aliphatic carbocycles. The largest absolute Gasteiger partial charge is 0.436 e. The number of nitrogens with zero attached hydrogens (tertiary/aromatic N) is 3. The van der Waals surface area contributed by atoms with Crippen molar-refractivity contribution in [3.8, 4) is 22.0 Å². The molecule has 0 radical (unpaired) electrons. The number of hydrogen-bond acceptors (Lipinski definition) is 6. The van der Waals surface area contributed by atoms with Crippen LogP contribution in [0.5, 0.6) is 0 Å². The Morgan fingerprint density at radius 2 is 2.05 bits per heavy atom. The first kappa shape index (κ1) is 10.5. The number of thiophene rings is 1. The van der Waals surface area contributed by atoms with E-state index in [0.29, 0.717) is 11.6 Å². The van der Waals surface area contributed by atoms with Crippen LogP contribution in [-0.2, 0) is 0 Å². The summed E-state index contributed by atoms with van der Waals surface area (Å²) in [6, 6.07) is 9.64. The van der Waals surface area contributed by atoms with Gasteiger partial charge in [0.25, 0.3) is 0 Å². The molecule has 3 heterocycles. The van der Waals surface area contributed by atoms with Crippen LogP contribution in [0.2, 0.25) is 0 Å². The van der Waals surface area contributed by atoms with Crippen LogP contribution in [0.25, 0.3) is 33.1 Å². The molecule has 92 valence electrons. The van der Waals surface area contributed by atoms with Gasteiger partial charge in [0.15, 0.2) is 11.8 Å². The molecule has 0 bridgehead atoms. The van der Waals surface area contributed by atoms with E-state index in [-0.39, 0.29) is 0 Å². The molecular weight excluding hydrogens is 262 g/mol. The molecular formula is C13H7N3O2S. The minimum atomic E-state index is 0.584. The first-order valence-electron chi connectivity index (χ1n) is 5.63. The molecule has 0 fully saturated rings. The molecule has 4 aromatic rings. The van der Waals surface area contributed by atoms with E-state index in [1.807, 2.05) is 35.7 Å². The van der Waals surface area contributed by atoms with Crippen LogP contribution in [-0.4, -0.2) is 15.4 Å². The summed E-state index contributed by atoms with van der Waals surface area (Å²) >= 11 is 1.55. The van der Waals surface area contributed by atoms with Crippen molar-refractivity contribution in [2.75, 3.05) is 0 Å². The number of para-hydroxylation sites is 2. The summed E-state index contributed by atoms with van der Waals surface area (Å²) in [6.45, 7) is 0. The predicted octanol–water partition coefficient (Wildman–Crippen LogP) is 3.61. The Morgan fingerprint density at radius 1 is 1.11 bits per heavy atom. The van der Waals surface area contributed by atoms with Crippen LogP contribution < -0.4 is 0 Å².